The number of aromatic amines is 1. The second kappa shape index (κ2) is 6.29. The highest BCUT2D eigenvalue weighted by molar-refractivity contribution is 5.80. The third kappa shape index (κ3) is 3.21. The first-order valence-corrected chi connectivity index (χ1v) is 6.46. The standard InChI is InChI=1S/C14H19N5O/c1-10(14(20)19(2)3)16-8-12-9-17-18-13(12)11-5-4-6-15-7-11/h4-7,9-10,16H,8H2,1-3H3,(H,17,18). The second-order valence-corrected chi connectivity index (χ2v) is 4.85. The molecule has 20 heavy (non-hydrogen) atoms. The van der Waals surface area contributed by atoms with E-state index in [0.717, 1.165) is 16.8 Å². The zero-order valence-electron chi connectivity index (χ0n) is 11.9. The third-order valence-electron chi connectivity index (χ3n) is 3.08. The third-order valence-corrected chi connectivity index (χ3v) is 3.08. The second-order valence-electron chi connectivity index (χ2n) is 4.85. The molecule has 6 nitrogen and oxygen atoms in total. The average molecular weight is 273 g/mol. The van der Waals surface area contributed by atoms with E-state index in [4.69, 9.17) is 0 Å². The van der Waals surface area contributed by atoms with Crippen molar-refractivity contribution in [3.05, 3.63) is 36.3 Å². The van der Waals surface area contributed by atoms with E-state index in [1.54, 1.807) is 37.6 Å². The van der Waals surface area contributed by atoms with Gasteiger partial charge in [-0.2, -0.15) is 5.10 Å². The van der Waals surface area contributed by atoms with E-state index in [2.05, 4.69) is 20.5 Å². The van der Waals surface area contributed by atoms with Gasteiger partial charge in [0, 0.05) is 44.2 Å². The number of nitrogens with one attached hydrogen (secondary N) is 2. The van der Waals surface area contributed by atoms with Gasteiger partial charge < -0.3 is 10.2 Å². The van der Waals surface area contributed by atoms with Gasteiger partial charge in [0.05, 0.1) is 17.9 Å². The average Bonchev–Trinajstić information content (AvgIpc) is 2.93. The number of likely N-dealkylation sites (N-methyl/N-ethyl adjacent to an activating group) is 1. The predicted molar refractivity (Wildman–Crippen MR) is 76.8 cm³/mol. The number of rotatable bonds is 5. The van der Waals surface area contributed by atoms with Crippen LogP contribution in [0.4, 0.5) is 0 Å². The zero-order valence-corrected chi connectivity index (χ0v) is 11.9. The SMILES string of the molecule is CC(NCc1cn[nH]c1-c1cccnc1)C(=O)N(C)C. The van der Waals surface area contributed by atoms with Crippen molar-refractivity contribution < 1.29 is 4.79 Å². The molecule has 2 heterocycles. The molecule has 1 atom stereocenters. The monoisotopic (exact) mass is 273 g/mol. The van der Waals surface area contributed by atoms with Crippen LogP contribution in [0.2, 0.25) is 0 Å². The van der Waals surface area contributed by atoms with E-state index in [1.165, 1.54) is 0 Å². The van der Waals surface area contributed by atoms with Gasteiger partial charge in [-0.25, -0.2) is 0 Å². The molecule has 0 aliphatic rings. The van der Waals surface area contributed by atoms with Crippen LogP contribution >= 0.6 is 0 Å². The summed E-state index contributed by atoms with van der Waals surface area (Å²) in [6, 6.07) is 3.62. The summed E-state index contributed by atoms with van der Waals surface area (Å²) >= 11 is 0. The lowest BCUT2D eigenvalue weighted by Gasteiger charge is -2.17. The van der Waals surface area contributed by atoms with Crippen LogP contribution in [-0.2, 0) is 11.3 Å². The van der Waals surface area contributed by atoms with Crippen LogP contribution < -0.4 is 5.32 Å². The van der Waals surface area contributed by atoms with Crippen LogP contribution in [0.5, 0.6) is 0 Å². The molecule has 0 aliphatic carbocycles. The molecule has 1 unspecified atom stereocenters. The minimum absolute atomic E-state index is 0.0522. The molecule has 6 heteroatoms. The number of carbonyl (C=O) groups is 1. The zero-order chi connectivity index (χ0) is 14.5. The Morgan fingerprint density at radius 3 is 2.90 bits per heavy atom. The summed E-state index contributed by atoms with van der Waals surface area (Å²) in [6.07, 6.45) is 5.28. The number of carbonyl (C=O) groups excluding carboxylic acids is 1. The number of H-pyrrole nitrogens is 1. The molecule has 2 rings (SSSR count). The smallest absolute Gasteiger partial charge is 0.238 e. The van der Waals surface area contributed by atoms with Crippen molar-refractivity contribution in [2.24, 2.45) is 0 Å². The van der Waals surface area contributed by atoms with Gasteiger partial charge >= 0.3 is 0 Å². The quantitative estimate of drug-likeness (QED) is 0.853. The lowest BCUT2D eigenvalue weighted by Crippen LogP contribution is -2.41. The molecule has 0 fully saturated rings. The Kier molecular flexibility index (Phi) is 4.47. The molecule has 0 saturated carbocycles. The van der Waals surface area contributed by atoms with E-state index in [-0.39, 0.29) is 11.9 Å². The van der Waals surface area contributed by atoms with Gasteiger partial charge in [0.1, 0.15) is 0 Å². The normalized spacial score (nSPS) is 12.2. The minimum Gasteiger partial charge on any atom is -0.347 e. The highest BCUT2D eigenvalue weighted by Crippen LogP contribution is 2.19. The Bertz CT molecular complexity index is 564. The van der Waals surface area contributed by atoms with Crippen molar-refractivity contribution in [1.82, 2.24) is 25.4 Å². The molecule has 106 valence electrons. The fraction of sp³-hybridized carbons (Fsp3) is 0.357. The van der Waals surface area contributed by atoms with Crippen LogP contribution in [-0.4, -0.2) is 46.1 Å². The van der Waals surface area contributed by atoms with Crippen LogP contribution in [0, 0.1) is 0 Å². The van der Waals surface area contributed by atoms with E-state index < -0.39 is 0 Å². The molecule has 0 saturated heterocycles. The fourth-order valence-electron chi connectivity index (χ4n) is 1.94. The van der Waals surface area contributed by atoms with Crippen LogP contribution in [0.15, 0.2) is 30.7 Å². The molecule has 2 aromatic rings. The molecule has 0 spiro atoms. The molecular weight excluding hydrogens is 254 g/mol. The van der Waals surface area contributed by atoms with Crippen molar-refractivity contribution in [2.75, 3.05) is 14.1 Å². The molecular formula is C14H19N5O. The van der Waals surface area contributed by atoms with Gasteiger partial charge in [-0.15, -0.1) is 0 Å². The summed E-state index contributed by atoms with van der Waals surface area (Å²) in [5, 5.41) is 10.2. The number of aromatic nitrogens is 3. The Balaban J connectivity index is 2.05. The summed E-state index contributed by atoms with van der Waals surface area (Å²) in [5.74, 6) is 0.0522. The first-order valence-electron chi connectivity index (χ1n) is 6.46. The number of nitrogens with zero attached hydrogens (tertiary/aromatic N) is 3. The van der Waals surface area contributed by atoms with Crippen molar-refractivity contribution in [3.8, 4) is 11.3 Å². The number of hydrogen-bond donors (Lipinski definition) is 2. The Hall–Kier alpha value is -2.21. The number of hydrogen-bond acceptors (Lipinski definition) is 4. The van der Waals surface area contributed by atoms with Gasteiger partial charge in [0.15, 0.2) is 0 Å². The van der Waals surface area contributed by atoms with E-state index in [1.807, 2.05) is 19.1 Å². The molecule has 0 bridgehead atoms. The van der Waals surface area contributed by atoms with Crippen molar-refractivity contribution in [2.45, 2.75) is 19.5 Å². The minimum atomic E-state index is -0.235. The number of pyridine rings is 1. The molecule has 2 aromatic heterocycles. The van der Waals surface area contributed by atoms with Gasteiger partial charge in [-0.3, -0.25) is 14.9 Å². The topological polar surface area (TPSA) is 73.9 Å². The van der Waals surface area contributed by atoms with Gasteiger partial charge in [0.2, 0.25) is 5.91 Å². The molecule has 1 amide bonds. The summed E-state index contributed by atoms with van der Waals surface area (Å²) in [7, 11) is 3.50. The van der Waals surface area contributed by atoms with Crippen molar-refractivity contribution >= 4 is 5.91 Å². The first-order chi connectivity index (χ1) is 9.59. The van der Waals surface area contributed by atoms with Crippen molar-refractivity contribution in [1.29, 1.82) is 0 Å². The molecule has 0 radical (unpaired) electrons. The van der Waals surface area contributed by atoms with Crippen LogP contribution in [0.25, 0.3) is 11.3 Å². The maximum absolute atomic E-state index is 11.8. The Labute approximate surface area is 118 Å². The van der Waals surface area contributed by atoms with Crippen LogP contribution in [0.3, 0.4) is 0 Å². The van der Waals surface area contributed by atoms with E-state index >= 15 is 0 Å². The molecule has 2 N–H and O–H groups in total. The Morgan fingerprint density at radius 1 is 1.45 bits per heavy atom. The largest absolute Gasteiger partial charge is 0.347 e. The van der Waals surface area contributed by atoms with Crippen LogP contribution in [0.1, 0.15) is 12.5 Å². The molecule has 0 aliphatic heterocycles. The lowest BCUT2D eigenvalue weighted by molar-refractivity contribution is -0.130. The highest BCUT2D eigenvalue weighted by atomic mass is 16.2. The summed E-state index contributed by atoms with van der Waals surface area (Å²) in [5.41, 5.74) is 2.92. The Morgan fingerprint density at radius 2 is 2.25 bits per heavy atom. The molecule has 0 aromatic carbocycles. The maximum Gasteiger partial charge on any atom is 0.238 e. The maximum atomic E-state index is 11.8. The fourth-order valence-corrected chi connectivity index (χ4v) is 1.94. The summed E-state index contributed by atoms with van der Waals surface area (Å²) < 4.78 is 0. The lowest BCUT2D eigenvalue weighted by atomic mass is 10.1. The van der Waals surface area contributed by atoms with Gasteiger partial charge in [0.25, 0.3) is 0 Å². The van der Waals surface area contributed by atoms with Gasteiger partial charge in [-0.05, 0) is 19.1 Å². The number of amides is 1. The summed E-state index contributed by atoms with van der Waals surface area (Å²) in [6.45, 7) is 2.42. The van der Waals surface area contributed by atoms with E-state index in [0.29, 0.717) is 6.54 Å². The van der Waals surface area contributed by atoms with Gasteiger partial charge in [-0.1, -0.05) is 0 Å². The first kappa shape index (κ1) is 14.2. The highest BCUT2D eigenvalue weighted by Gasteiger charge is 2.15. The van der Waals surface area contributed by atoms with E-state index in [9.17, 15) is 4.79 Å². The van der Waals surface area contributed by atoms with Crippen molar-refractivity contribution in [3.63, 3.8) is 0 Å². The summed E-state index contributed by atoms with van der Waals surface area (Å²) in [4.78, 5) is 17.5. The predicted octanol–water partition coefficient (Wildman–Crippen LogP) is 1.04.